The summed E-state index contributed by atoms with van der Waals surface area (Å²) in [6, 6.07) is 21.9. The lowest BCUT2D eigenvalue weighted by atomic mass is 10.2. The molecule has 1 fully saturated rings. The Balaban J connectivity index is 1.38. The van der Waals surface area contributed by atoms with Crippen molar-refractivity contribution in [1.29, 1.82) is 0 Å². The van der Waals surface area contributed by atoms with Gasteiger partial charge in [0.25, 0.3) is 11.8 Å². The van der Waals surface area contributed by atoms with Gasteiger partial charge in [-0.05, 0) is 60.3 Å². The van der Waals surface area contributed by atoms with Crippen LogP contribution < -0.4 is 10.2 Å². The number of carbonyl (C=O) groups is 2. The van der Waals surface area contributed by atoms with Gasteiger partial charge in [-0.1, -0.05) is 48.2 Å². The number of nitrogens with one attached hydrogen (secondary N) is 1. The number of amides is 2. The first kappa shape index (κ1) is 20.8. The minimum atomic E-state index is -0.440. The van der Waals surface area contributed by atoms with Gasteiger partial charge in [0, 0.05) is 11.8 Å². The van der Waals surface area contributed by atoms with Crippen molar-refractivity contribution in [3.8, 4) is 5.75 Å². The molecule has 1 aliphatic heterocycles. The zero-order valence-corrected chi connectivity index (χ0v) is 17.9. The zero-order chi connectivity index (χ0) is 21.6. The van der Waals surface area contributed by atoms with Crippen molar-refractivity contribution in [2.45, 2.75) is 6.61 Å². The minimum absolute atomic E-state index is 0.253. The SMILES string of the molecule is O=C(NN1C(=O)/C(=C/c2ccccn2)SC1=S)c1ccc(OCc2ccccc2)cc1. The van der Waals surface area contributed by atoms with E-state index in [1.807, 2.05) is 36.4 Å². The topological polar surface area (TPSA) is 71.5 Å². The van der Waals surface area contributed by atoms with Gasteiger partial charge in [0.1, 0.15) is 12.4 Å². The zero-order valence-electron chi connectivity index (χ0n) is 16.2. The molecule has 31 heavy (non-hydrogen) atoms. The Labute approximate surface area is 188 Å². The maximum absolute atomic E-state index is 12.6. The van der Waals surface area contributed by atoms with Crippen LogP contribution in [-0.2, 0) is 11.4 Å². The smallest absolute Gasteiger partial charge is 0.285 e. The highest BCUT2D eigenvalue weighted by Crippen LogP contribution is 2.31. The predicted octanol–water partition coefficient (Wildman–Crippen LogP) is 4.21. The first-order valence-electron chi connectivity index (χ1n) is 9.37. The number of carbonyl (C=O) groups excluding carboxylic acids is 2. The summed E-state index contributed by atoms with van der Waals surface area (Å²) in [6.07, 6.45) is 3.28. The van der Waals surface area contributed by atoms with Crippen molar-refractivity contribution >= 4 is 46.2 Å². The summed E-state index contributed by atoms with van der Waals surface area (Å²) in [4.78, 5) is 29.8. The molecule has 2 aromatic carbocycles. The molecule has 0 atom stereocenters. The van der Waals surface area contributed by atoms with Crippen LogP contribution in [0.3, 0.4) is 0 Å². The standard InChI is InChI=1S/C23H17N3O3S2/c27-21(17-9-11-19(12-10-17)29-15-16-6-2-1-3-7-16)25-26-22(28)20(31-23(26)30)14-18-8-4-5-13-24-18/h1-14H,15H2,(H,25,27)/b20-14-. The van der Waals surface area contributed by atoms with E-state index in [0.717, 1.165) is 22.3 Å². The molecule has 0 spiro atoms. The molecule has 154 valence electrons. The molecule has 0 unspecified atom stereocenters. The lowest BCUT2D eigenvalue weighted by Crippen LogP contribution is -2.44. The van der Waals surface area contributed by atoms with Crippen LogP contribution in [0.1, 0.15) is 21.6 Å². The van der Waals surface area contributed by atoms with E-state index >= 15 is 0 Å². The first-order valence-corrected chi connectivity index (χ1v) is 10.6. The number of aromatic nitrogens is 1. The molecule has 0 radical (unpaired) electrons. The number of ether oxygens (including phenoxy) is 1. The second kappa shape index (κ2) is 9.55. The molecule has 6 nitrogen and oxygen atoms in total. The number of hydrazine groups is 1. The summed E-state index contributed by atoms with van der Waals surface area (Å²) in [5.41, 5.74) is 4.65. The van der Waals surface area contributed by atoms with Gasteiger partial charge in [-0.25, -0.2) is 0 Å². The third kappa shape index (κ3) is 5.17. The summed E-state index contributed by atoms with van der Waals surface area (Å²) in [5.74, 6) is -0.189. The van der Waals surface area contributed by atoms with E-state index in [9.17, 15) is 9.59 Å². The molecule has 2 amide bonds. The monoisotopic (exact) mass is 447 g/mol. The molecule has 1 N–H and O–H groups in total. The van der Waals surface area contributed by atoms with Crippen molar-refractivity contribution in [2.24, 2.45) is 0 Å². The van der Waals surface area contributed by atoms with Gasteiger partial charge in [0.05, 0.1) is 10.6 Å². The van der Waals surface area contributed by atoms with E-state index in [-0.39, 0.29) is 4.32 Å². The Bertz CT molecular complexity index is 1130. The fraction of sp³-hybridized carbons (Fsp3) is 0.0435. The van der Waals surface area contributed by atoms with Crippen LogP contribution in [0, 0.1) is 0 Å². The predicted molar refractivity (Wildman–Crippen MR) is 124 cm³/mol. The average Bonchev–Trinajstić information content (AvgIpc) is 3.06. The van der Waals surface area contributed by atoms with Crippen LogP contribution in [0.4, 0.5) is 0 Å². The third-order valence-corrected chi connectivity index (χ3v) is 5.64. The molecule has 0 aliphatic carbocycles. The Morgan fingerprint density at radius 3 is 2.52 bits per heavy atom. The molecule has 8 heteroatoms. The lowest BCUT2D eigenvalue weighted by molar-refractivity contribution is -0.123. The number of benzene rings is 2. The van der Waals surface area contributed by atoms with Crippen molar-refractivity contribution in [3.05, 3.63) is 101 Å². The highest BCUT2D eigenvalue weighted by atomic mass is 32.2. The molecule has 1 saturated heterocycles. The van der Waals surface area contributed by atoms with Gasteiger partial charge in [0.15, 0.2) is 4.32 Å². The van der Waals surface area contributed by atoms with Gasteiger partial charge < -0.3 is 4.74 Å². The van der Waals surface area contributed by atoms with Crippen LogP contribution in [-0.4, -0.2) is 26.1 Å². The molecule has 0 saturated carbocycles. The summed E-state index contributed by atoms with van der Waals surface area (Å²) in [7, 11) is 0. The number of nitrogens with zero attached hydrogens (tertiary/aromatic N) is 2. The van der Waals surface area contributed by atoms with Crippen LogP contribution in [0.5, 0.6) is 5.75 Å². The van der Waals surface area contributed by atoms with Gasteiger partial charge >= 0.3 is 0 Å². The summed E-state index contributed by atoms with van der Waals surface area (Å²) < 4.78 is 5.98. The third-order valence-electron chi connectivity index (χ3n) is 4.34. The lowest BCUT2D eigenvalue weighted by Gasteiger charge is -2.15. The first-order chi connectivity index (χ1) is 15.1. The molecule has 1 aliphatic rings. The molecule has 4 rings (SSSR count). The van der Waals surface area contributed by atoms with E-state index in [1.54, 1.807) is 48.7 Å². The molecule has 0 bridgehead atoms. The Morgan fingerprint density at radius 2 is 1.81 bits per heavy atom. The van der Waals surface area contributed by atoms with E-state index in [2.05, 4.69) is 10.4 Å². The molecule has 1 aromatic heterocycles. The second-order valence-corrected chi connectivity index (χ2v) is 8.19. The van der Waals surface area contributed by atoms with Gasteiger partial charge in [-0.15, -0.1) is 0 Å². The van der Waals surface area contributed by atoms with Crippen molar-refractivity contribution < 1.29 is 14.3 Å². The fourth-order valence-electron chi connectivity index (χ4n) is 2.77. The number of pyridine rings is 1. The number of thioether (sulfide) groups is 1. The number of hydrogen-bond donors (Lipinski definition) is 1. The summed E-state index contributed by atoms with van der Waals surface area (Å²) >= 11 is 6.37. The number of rotatable bonds is 6. The van der Waals surface area contributed by atoms with Crippen molar-refractivity contribution in [2.75, 3.05) is 0 Å². The van der Waals surface area contributed by atoms with Crippen molar-refractivity contribution in [3.63, 3.8) is 0 Å². The van der Waals surface area contributed by atoms with Gasteiger partial charge in [-0.2, -0.15) is 5.01 Å². The van der Waals surface area contributed by atoms with Crippen molar-refractivity contribution in [1.82, 2.24) is 15.4 Å². The molecular weight excluding hydrogens is 430 g/mol. The van der Waals surface area contributed by atoms with Crippen LogP contribution in [0.15, 0.2) is 83.9 Å². The fourth-order valence-corrected chi connectivity index (χ4v) is 3.93. The second-order valence-electron chi connectivity index (χ2n) is 6.51. The quantitative estimate of drug-likeness (QED) is 0.451. The number of hydrogen-bond acceptors (Lipinski definition) is 6. The Kier molecular flexibility index (Phi) is 6.40. The summed E-state index contributed by atoms with van der Waals surface area (Å²) in [6.45, 7) is 0.436. The van der Waals surface area contributed by atoms with Gasteiger partial charge in [0.2, 0.25) is 0 Å². The van der Waals surface area contributed by atoms with Crippen LogP contribution in [0.25, 0.3) is 6.08 Å². The summed E-state index contributed by atoms with van der Waals surface area (Å²) in [5, 5.41) is 1.08. The molecular formula is C23H17N3O3S2. The minimum Gasteiger partial charge on any atom is -0.489 e. The Morgan fingerprint density at radius 1 is 1.06 bits per heavy atom. The Hall–Kier alpha value is -3.49. The van der Waals surface area contributed by atoms with E-state index in [4.69, 9.17) is 17.0 Å². The average molecular weight is 448 g/mol. The van der Waals surface area contributed by atoms with E-state index in [1.165, 1.54) is 0 Å². The normalized spacial score (nSPS) is 14.7. The van der Waals surface area contributed by atoms with Gasteiger partial charge in [-0.3, -0.25) is 20.0 Å². The number of thiocarbonyl (C=S) groups is 1. The van der Waals surface area contributed by atoms with E-state index < -0.39 is 11.8 Å². The van der Waals surface area contributed by atoms with Crippen LogP contribution in [0.2, 0.25) is 0 Å². The highest BCUT2D eigenvalue weighted by Gasteiger charge is 2.33. The maximum Gasteiger partial charge on any atom is 0.285 e. The highest BCUT2D eigenvalue weighted by molar-refractivity contribution is 8.26. The van der Waals surface area contributed by atoms with E-state index in [0.29, 0.717) is 28.5 Å². The largest absolute Gasteiger partial charge is 0.489 e. The maximum atomic E-state index is 12.6. The molecule has 2 heterocycles. The molecule has 3 aromatic rings. The van der Waals surface area contributed by atoms with Crippen LogP contribution >= 0.6 is 24.0 Å².